The van der Waals surface area contributed by atoms with Gasteiger partial charge < -0.3 is 15.8 Å². The first-order valence-corrected chi connectivity index (χ1v) is 8.02. The molecule has 0 aliphatic heterocycles. The average molecular weight is 324 g/mol. The molecule has 3 rings (SSSR count). The van der Waals surface area contributed by atoms with E-state index in [9.17, 15) is 9.59 Å². The van der Waals surface area contributed by atoms with Crippen molar-refractivity contribution in [3.63, 3.8) is 0 Å². The highest BCUT2D eigenvalue weighted by Crippen LogP contribution is 2.23. The van der Waals surface area contributed by atoms with Crippen molar-refractivity contribution in [2.24, 2.45) is 5.73 Å². The molecule has 0 radical (unpaired) electrons. The maximum atomic E-state index is 11.9. The summed E-state index contributed by atoms with van der Waals surface area (Å²) in [5.74, 6) is -0.314. The van der Waals surface area contributed by atoms with Crippen LogP contribution in [0.1, 0.15) is 33.5 Å². The first kappa shape index (κ1) is 16.1. The predicted octanol–water partition coefficient (Wildman–Crippen LogP) is 1.97. The van der Waals surface area contributed by atoms with E-state index in [2.05, 4.69) is 23.5 Å². The first-order valence-electron chi connectivity index (χ1n) is 8.02. The summed E-state index contributed by atoms with van der Waals surface area (Å²) in [5.41, 5.74) is 9.43. The number of fused-ring (bicyclic) bond motifs is 1. The molecule has 2 aromatic carbocycles. The number of carbonyl (C=O) groups excluding carboxylic acids is 2. The SMILES string of the molecule is NC(=O)CNC(=O)c1cccc(OCc2ccc3c(c2)CCC3)c1. The summed E-state index contributed by atoms with van der Waals surface area (Å²) in [6.07, 6.45) is 3.53. The average Bonchev–Trinajstić information content (AvgIpc) is 3.05. The van der Waals surface area contributed by atoms with Gasteiger partial charge in [0.15, 0.2) is 0 Å². The fraction of sp³-hybridized carbons (Fsp3) is 0.263. The second kappa shape index (κ2) is 7.17. The van der Waals surface area contributed by atoms with Crippen LogP contribution in [0.15, 0.2) is 42.5 Å². The van der Waals surface area contributed by atoms with Crippen molar-refractivity contribution < 1.29 is 14.3 Å². The Morgan fingerprint density at radius 1 is 1.08 bits per heavy atom. The van der Waals surface area contributed by atoms with E-state index >= 15 is 0 Å². The monoisotopic (exact) mass is 324 g/mol. The van der Waals surface area contributed by atoms with Crippen LogP contribution in [-0.2, 0) is 24.2 Å². The second-order valence-electron chi connectivity index (χ2n) is 5.92. The molecule has 0 spiro atoms. The van der Waals surface area contributed by atoms with Gasteiger partial charge in [-0.15, -0.1) is 0 Å². The number of aryl methyl sites for hydroxylation is 2. The molecule has 1 aliphatic carbocycles. The molecule has 0 atom stereocenters. The second-order valence-corrected chi connectivity index (χ2v) is 5.92. The highest BCUT2D eigenvalue weighted by Gasteiger charge is 2.11. The van der Waals surface area contributed by atoms with Gasteiger partial charge in [0.05, 0.1) is 6.54 Å². The molecular formula is C19H20N2O3. The van der Waals surface area contributed by atoms with Crippen molar-refractivity contribution in [1.82, 2.24) is 5.32 Å². The van der Waals surface area contributed by atoms with Gasteiger partial charge in [-0.05, 0) is 54.2 Å². The zero-order valence-electron chi connectivity index (χ0n) is 13.4. The Hall–Kier alpha value is -2.82. The summed E-state index contributed by atoms with van der Waals surface area (Å²) in [4.78, 5) is 22.7. The van der Waals surface area contributed by atoms with Gasteiger partial charge in [-0.1, -0.05) is 24.3 Å². The van der Waals surface area contributed by atoms with Crippen molar-refractivity contribution in [2.75, 3.05) is 6.54 Å². The number of benzene rings is 2. The lowest BCUT2D eigenvalue weighted by Crippen LogP contribution is -2.33. The van der Waals surface area contributed by atoms with E-state index in [4.69, 9.17) is 10.5 Å². The van der Waals surface area contributed by atoms with Gasteiger partial charge in [0.1, 0.15) is 12.4 Å². The summed E-state index contributed by atoms with van der Waals surface area (Å²) in [6, 6.07) is 13.3. The van der Waals surface area contributed by atoms with Crippen LogP contribution in [0.4, 0.5) is 0 Å². The normalized spacial score (nSPS) is 12.5. The van der Waals surface area contributed by atoms with E-state index in [0.717, 1.165) is 12.0 Å². The largest absolute Gasteiger partial charge is 0.489 e. The lowest BCUT2D eigenvalue weighted by molar-refractivity contribution is -0.117. The third-order valence-electron chi connectivity index (χ3n) is 4.09. The highest BCUT2D eigenvalue weighted by molar-refractivity contribution is 5.96. The minimum absolute atomic E-state index is 0.182. The Kier molecular flexibility index (Phi) is 4.79. The number of nitrogens with one attached hydrogen (secondary N) is 1. The molecule has 0 fully saturated rings. The minimum atomic E-state index is -0.577. The third kappa shape index (κ3) is 3.93. The fourth-order valence-electron chi connectivity index (χ4n) is 2.88. The molecule has 0 saturated heterocycles. The van der Waals surface area contributed by atoms with Gasteiger partial charge in [0.25, 0.3) is 5.91 Å². The predicted molar refractivity (Wildman–Crippen MR) is 90.8 cm³/mol. The van der Waals surface area contributed by atoms with Gasteiger partial charge >= 0.3 is 0 Å². The summed E-state index contributed by atoms with van der Waals surface area (Å²) < 4.78 is 5.80. The third-order valence-corrected chi connectivity index (χ3v) is 4.09. The Labute approximate surface area is 140 Å². The number of hydrogen-bond acceptors (Lipinski definition) is 3. The number of primary amides is 1. The summed E-state index contributed by atoms with van der Waals surface area (Å²) in [6.45, 7) is 0.276. The van der Waals surface area contributed by atoms with E-state index in [0.29, 0.717) is 17.9 Å². The standard InChI is InChI=1S/C19H20N2O3/c20-18(22)11-21-19(23)16-5-2-6-17(10-16)24-12-13-7-8-14-3-1-4-15(14)9-13/h2,5-10H,1,3-4,11-12H2,(H2,20,22)(H,21,23). The Bertz CT molecular complexity index is 771. The van der Waals surface area contributed by atoms with E-state index in [1.807, 2.05) is 0 Å². The van der Waals surface area contributed by atoms with Crippen LogP contribution in [0.2, 0.25) is 0 Å². The number of amides is 2. The molecule has 2 aromatic rings. The van der Waals surface area contributed by atoms with Gasteiger partial charge in [0.2, 0.25) is 5.91 Å². The van der Waals surface area contributed by atoms with E-state index in [-0.39, 0.29) is 12.5 Å². The quantitative estimate of drug-likeness (QED) is 0.852. The molecule has 124 valence electrons. The van der Waals surface area contributed by atoms with Crippen molar-refractivity contribution in [1.29, 1.82) is 0 Å². The molecule has 0 heterocycles. The first-order chi connectivity index (χ1) is 11.6. The molecule has 1 aliphatic rings. The minimum Gasteiger partial charge on any atom is -0.489 e. The fourth-order valence-corrected chi connectivity index (χ4v) is 2.88. The maximum Gasteiger partial charge on any atom is 0.251 e. The number of ether oxygens (including phenoxy) is 1. The lowest BCUT2D eigenvalue weighted by Gasteiger charge is -2.09. The molecule has 2 amide bonds. The van der Waals surface area contributed by atoms with Crippen LogP contribution in [0.5, 0.6) is 5.75 Å². The van der Waals surface area contributed by atoms with Crippen molar-refractivity contribution in [2.45, 2.75) is 25.9 Å². The Morgan fingerprint density at radius 2 is 1.92 bits per heavy atom. The smallest absolute Gasteiger partial charge is 0.251 e. The van der Waals surface area contributed by atoms with Gasteiger partial charge in [-0.2, -0.15) is 0 Å². The van der Waals surface area contributed by atoms with Crippen LogP contribution < -0.4 is 15.8 Å². The van der Waals surface area contributed by atoms with Crippen LogP contribution >= 0.6 is 0 Å². The maximum absolute atomic E-state index is 11.9. The zero-order valence-corrected chi connectivity index (χ0v) is 13.4. The molecule has 3 N–H and O–H groups in total. The summed E-state index contributed by atoms with van der Waals surface area (Å²) in [7, 11) is 0. The number of rotatable bonds is 6. The molecule has 5 heteroatoms. The highest BCUT2D eigenvalue weighted by atomic mass is 16.5. The summed E-state index contributed by atoms with van der Waals surface area (Å²) >= 11 is 0. The van der Waals surface area contributed by atoms with Crippen molar-refractivity contribution in [3.8, 4) is 5.75 Å². The molecule has 0 saturated carbocycles. The van der Waals surface area contributed by atoms with Crippen LogP contribution in [-0.4, -0.2) is 18.4 Å². The Morgan fingerprint density at radius 3 is 2.75 bits per heavy atom. The molecular weight excluding hydrogens is 304 g/mol. The number of hydrogen-bond donors (Lipinski definition) is 2. The summed E-state index contributed by atoms with van der Waals surface area (Å²) in [5, 5.41) is 2.46. The van der Waals surface area contributed by atoms with Crippen LogP contribution in [0.25, 0.3) is 0 Å². The van der Waals surface area contributed by atoms with Crippen LogP contribution in [0, 0.1) is 0 Å². The van der Waals surface area contributed by atoms with Crippen molar-refractivity contribution in [3.05, 3.63) is 64.7 Å². The molecule has 24 heavy (non-hydrogen) atoms. The molecule has 5 nitrogen and oxygen atoms in total. The molecule has 0 aromatic heterocycles. The van der Waals surface area contributed by atoms with Gasteiger partial charge in [-0.25, -0.2) is 0 Å². The van der Waals surface area contributed by atoms with Gasteiger partial charge in [-0.3, -0.25) is 9.59 Å². The van der Waals surface area contributed by atoms with Gasteiger partial charge in [0, 0.05) is 5.56 Å². The Balaban J connectivity index is 1.62. The topological polar surface area (TPSA) is 81.4 Å². The lowest BCUT2D eigenvalue weighted by atomic mass is 10.1. The number of nitrogens with two attached hydrogens (primary N) is 1. The molecule has 0 unspecified atom stereocenters. The van der Waals surface area contributed by atoms with E-state index < -0.39 is 5.91 Å². The number of carbonyl (C=O) groups is 2. The molecule has 0 bridgehead atoms. The zero-order chi connectivity index (χ0) is 16.9. The van der Waals surface area contributed by atoms with Crippen LogP contribution in [0.3, 0.4) is 0 Å². The van der Waals surface area contributed by atoms with E-state index in [1.54, 1.807) is 24.3 Å². The van der Waals surface area contributed by atoms with Crippen molar-refractivity contribution >= 4 is 11.8 Å². The van der Waals surface area contributed by atoms with E-state index in [1.165, 1.54) is 24.0 Å².